The first-order valence-corrected chi connectivity index (χ1v) is 11.3. The van der Waals surface area contributed by atoms with Crippen molar-refractivity contribution in [3.8, 4) is 17.3 Å². The third-order valence-corrected chi connectivity index (χ3v) is 6.59. The number of para-hydroxylation sites is 1. The molecule has 7 nitrogen and oxygen atoms in total. The molecule has 3 aromatic heterocycles. The van der Waals surface area contributed by atoms with Gasteiger partial charge in [0, 0.05) is 4.88 Å². The molecule has 0 spiro atoms. The Labute approximate surface area is 198 Å². The van der Waals surface area contributed by atoms with E-state index in [0.29, 0.717) is 33.1 Å². The van der Waals surface area contributed by atoms with Crippen LogP contribution in [0, 0.1) is 26.6 Å². The van der Waals surface area contributed by atoms with Crippen LogP contribution >= 0.6 is 11.3 Å². The first-order valence-electron chi connectivity index (χ1n) is 10.5. The zero-order valence-electron chi connectivity index (χ0n) is 18.7. The lowest BCUT2D eigenvalue weighted by Gasteiger charge is -2.10. The van der Waals surface area contributed by atoms with Crippen LogP contribution in [0.4, 0.5) is 4.39 Å². The van der Waals surface area contributed by atoms with Gasteiger partial charge in [-0.25, -0.2) is 9.37 Å². The molecule has 0 saturated carbocycles. The van der Waals surface area contributed by atoms with Crippen LogP contribution in [0.3, 0.4) is 0 Å². The molecule has 0 saturated heterocycles. The van der Waals surface area contributed by atoms with Gasteiger partial charge in [-0.3, -0.25) is 4.79 Å². The molecule has 0 unspecified atom stereocenters. The van der Waals surface area contributed by atoms with Crippen LogP contribution in [0.15, 0.2) is 70.8 Å². The normalized spacial score (nSPS) is 11.5. The number of halogens is 1. The number of hydrogen-bond donors (Lipinski definition) is 0. The highest BCUT2D eigenvalue weighted by molar-refractivity contribution is 7.18. The van der Waals surface area contributed by atoms with Gasteiger partial charge in [-0.15, -0.1) is 11.3 Å². The van der Waals surface area contributed by atoms with Crippen molar-refractivity contribution in [2.75, 3.05) is 0 Å². The Morgan fingerprint density at radius 2 is 1.79 bits per heavy atom. The fourth-order valence-corrected chi connectivity index (χ4v) is 4.54. The number of nitrogens with zero attached hydrogens (tertiary/aromatic N) is 5. The molecular formula is C25H20FN5O2S. The second-order valence-corrected chi connectivity index (χ2v) is 8.91. The van der Waals surface area contributed by atoms with Crippen molar-refractivity contribution in [1.29, 1.82) is 0 Å². The Morgan fingerprint density at radius 3 is 2.53 bits per heavy atom. The second kappa shape index (κ2) is 8.68. The van der Waals surface area contributed by atoms with Crippen molar-refractivity contribution in [1.82, 2.24) is 19.4 Å². The first kappa shape index (κ1) is 21.7. The quantitative estimate of drug-likeness (QED) is 0.321. The standard InChI is InChI=1S/C25H20FN5O2S/c1-15-17(3)34-23-22(15)24(32)30(14-27-23)28-13-21-16(2)29-31(19-7-5-4-6-8-19)25(21)33-20-11-9-18(26)10-12-20/h4-14H,1-3H3/b28-13+. The lowest BCUT2D eigenvalue weighted by molar-refractivity contribution is 0.442. The maximum atomic E-state index is 13.4. The van der Waals surface area contributed by atoms with Crippen molar-refractivity contribution < 1.29 is 9.13 Å². The number of ether oxygens (including phenoxy) is 1. The molecule has 0 amide bonds. The minimum absolute atomic E-state index is 0.239. The molecule has 34 heavy (non-hydrogen) atoms. The minimum atomic E-state index is -0.358. The topological polar surface area (TPSA) is 74.3 Å². The Morgan fingerprint density at radius 1 is 1.06 bits per heavy atom. The average molecular weight is 474 g/mol. The summed E-state index contributed by atoms with van der Waals surface area (Å²) in [6.45, 7) is 5.71. The van der Waals surface area contributed by atoms with E-state index in [1.165, 1.54) is 52.8 Å². The molecule has 0 atom stereocenters. The lowest BCUT2D eigenvalue weighted by atomic mass is 10.2. The summed E-state index contributed by atoms with van der Waals surface area (Å²) in [6, 6.07) is 15.2. The molecule has 0 aliphatic heterocycles. The van der Waals surface area contributed by atoms with Crippen LogP contribution in [0.1, 0.15) is 21.7 Å². The van der Waals surface area contributed by atoms with E-state index >= 15 is 0 Å². The smallest absolute Gasteiger partial charge is 0.282 e. The van der Waals surface area contributed by atoms with E-state index in [4.69, 9.17) is 4.74 Å². The predicted molar refractivity (Wildman–Crippen MR) is 131 cm³/mol. The van der Waals surface area contributed by atoms with Crippen LogP contribution in [0.5, 0.6) is 11.6 Å². The summed E-state index contributed by atoms with van der Waals surface area (Å²) in [5.74, 6) is 0.476. The summed E-state index contributed by atoms with van der Waals surface area (Å²) in [4.78, 5) is 19.2. The maximum Gasteiger partial charge on any atom is 0.282 e. The molecular weight excluding hydrogens is 453 g/mol. The Hall–Kier alpha value is -4.11. The average Bonchev–Trinajstić information content (AvgIpc) is 3.31. The van der Waals surface area contributed by atoms with Crippen LogP contribution < -0.4 is 10.3 Å². The molecule has 2 aromatic carbocycles. The highest BCUT2D eigenvalue weighted by Crippen LogP contribution is 2.30. The second-order valence-electron chi connectivity index (χ2n) is 7.71. The molecule has 9 heteroatoms. The van der Waals surface area contributed by atoms with E-state index in [1.54, 1.807) is 4.68 Å². The number of benzene rings is 2. The van der Waals surface area contributed by atoms with Crippen LogP contribution in [-0.4, -0.2) is 25.7 Å². The van der Waals surface area contributed by atoms with E-state index in [1.807, 2.05) is 51.1 Å². The molecule has 0 bridgehead atoms. The van der Waals surface area contributed by atoms with Gasteiger partial charge in [0.15, 0.2) is 0 Å². The minimum Gasteiger partial charge on any atom is -0.438 e. The zero-order valence-corrected chi connectivity index (χ0v) is 19.5. The maximum absolute atomic E-state index is 13.4. The van der Waals surface area contributed by atoms with E-state index in [0.717, 1.165) is 16.1 Å². The Bertz CT molecular complexity index is 1580. The molecule has 0 radical (unpaired) electrons. The molecule has 0 N–H and O–H groups in total. The van der Waals surface area contributed by atoms with Gasteiger partial charge >= 0.3 is 0 Å². The van der Waals surface area contributed by atoms with E-state index in [2.05, 4.69) is 15.2 Å². The number of aryl methyl sites for hydroxylation is 3. The Kier molecular flexibility index (Phi) is 5.54. The fourth-order valence-electron chi connectivity index (χ4n) is 3.55. The van der Waals surface area contributed by atoms with E-state index in [9.17, 15) is 9.18 Å². The fraction of sp³-hybridized carbons (Fsp3) is 0.120. The number of hydrogen-bond acceptors (Lipinski definition) is 6. The molecule has 5 rings (SSSR count). The third kappa shape index (κ3) is 3.90. The van der Waals surface area contributed by atoms with Crippen molar-refractivity contribution >= 4 is 27.8 Å². The first-order chi connectivity index (χ1) is 16.4. The highest BCUT2D eigenvalue weighted by atomic mass is 32.1. The SMILES string of the molecule is Cc1nn(-c2ccccc2)c(Oc2ccc(F)cc2)c1/C=N/n1cnc2sc(C)c(C)c2c1=O. The molecule has 0 fully saturated rings. The summed E-state index contributed by atoms with van der Waals surface area (Å²) in [5.41, 5.74) is 2.69. The van der Waals surface area contributed by atoms with Gasteiger partial charge in [0.1, 0.15) is 22.7 Å². The van der Waals surface area contributed by atoms with Gasteiger partial charge in [0.05, 0.1) is 28.5 Å². The van der Waals surface area contributed by atoms with Crippen molar-refractivity contribution in [3.05, 3.63) is 98.8 Å². The van der Waals surface area contributed by atoms with Crippen molar-refractivity contribution in [2.24, 2.45) is 5.10 Å². The third-order valence-electron chi connectivity index (χ3n) is 5.48. The largest absolute Gasteiger partial charge is 0.438 e. The van der Waals surface area contributed by atoms with Gasteiger partial charge in [-0.2, -0.15) is 19.6 Å². The lowest BCUT2D eigenvalue weighted by Crippen LogP contribution is -2.17. The van der Waals surface area contributed by atoms with Crippen LogP contribution in [0.25, 0.3) is 15.9 Å². The number of thiophene rings is 1. The number of aromatic nitrogens is 4. The van der Waals surface area contributed by atoms with Gasteiger partial charge in [-0.1, -0.05) is 18.2 Å². The molecule has 170 valence electrons. The van der Waals surface area contributed by atoms with Crippen molar-refractivity contribution in [3.63, 3.8) is 0 Å². The summed E-state index contributed by atoms with van der Waals surface area (Å²) in [7, 11) is 0. The zero-order chi connectivity index (χ0) is 23.8. The van der Waals surface area contributed by atoms with Gasteiger partial charge in [-0.05, 0) is 62.7 Å². The van der Waals surface area contributed by atoms with Crippen molar-refractivity contribution in [2.45, 2.75) is 20.8 Å². The summed E-state index contributed by atoms with van der Waals surface area (Å²) in [6.07, 6.45) is 2.94. The summed E-state index contributed by atoms with van der Waals surface area (Å²) in [5, 5.41) is 9.58. The predicted octanol–water partition coefficient (Wildman–Crippen LogP) is 5.38. The molecule has 5 aromatic rings. The molecule has 0 aliphatic rings. The summed E-state index contributed by atoms with van der Waals surface area (Å²) >= 11 is 1.49. The number of fused-ring (bicyclic) bond motifs is 1. The molecule has 0 aliphatic carbocycles. The molecule has 3 heterocycles. The van der Waals surface area contributed by atoms with Crippen LogP contribution in [-0.2, 0) is 0 Å². The summed E-state index contributed by atoms with van der Waals surface area (Å²) < 4.78 is 22.4. The van der Waals surface area contributed by atoms with Gasteiger partial charge < -0.3 is 4.74 Å². The highest BCUT2D eigenvalue weighted by Gasteiger charge is 2.18. The van der Waals surface area contributed by atoms with Crippen LogP contribution in [0.2, 0.25) is 0 Å². The van der Waals surface area contributed by atoms with E-state index in [-0.39, 0.29) is 11.4 Å². The van der Waals surface area contributed by atoms with E-state index < -0.39 is 0 Å². The van der Waals surface area contributed by atoms with Gasteiger partial charge in [0.25, 0.3) is 5.56 Å². The van der Waals surface area contributed by atoms with Gasteiger partial charge in [0.2, 0.25) is 5.88 Å². The monoisotopic (exact) mass is 473 g/mol. The number of rotatable bonds is 5. The Balaban J connectivity index is 1.62.